The second-order valence-corrected chi connectivity index (χ2v) is 18.5. The van der Waals surface area contributed by atoms with Crippen molar-refractivity contribution >= 4 is 11.9 Å². The average molecular weight is 847 g/mol. The van der Waals surface area contributed by atoms with Crippen molar-refractivity contribution in [2.24, 2.45) is 0 Å². The van der Waals surface area contributed by atoms with Crippen LogP contribution >= 0.6 is 0 Å². The lowest BCUT2D eigenvalue weighted by atomic mass is 10.0. The number of unbranched alkanes of at least 4 members (excludes halogenated alkanes) is 38. The van der Waals surface area contributed by atoms with Crippen LogP contribution < -0.4 is 0 Å². The van der Waals surface area contributed by atoms with Crippen LogP contribution in [0.2, 0.25) is 0 Å². The molecule has 0 amide bonds. The van der Waals surface area contributed by atoms with Gasteiger partial charge >= 0.3 is 11.9 Å². The predicted octanol–water partition coefficient (Wildman–Crippen LogP) is 18.2. The quantitative estimate of drug-likeness (QED) is 0.0347. The lowest BCUT2D eigenvalue weighted by Crippen LogP contribution is -2.30. The number of carbonyl (C=O) groups is 2. The number of hydrogen-bond donors (Lipinski definition) is 0. The summed E-state index contributed by atoms with van der Waals surface area (Å²) < 4.78 is 17.4. The minimum atomic E-state index is -0.530. The van der Waals surface area contributed by atoms with Gasteiger partial charge in [0.25, 0.3) is 0 Å². The number of esters is 2. The molecule has 356 valence electrons. The number of carbonyl (C=O) groups excluding carboxylic acids is 2. The van der Waals surface area contributed by atoms with Gasteiger partial charge in [0.2, 0.25) is 0 Å². The molecular weight excluding hydrogens is 741 g/mol. The van der Waals surface area contributed by atoms with Crippen LogP contribution in [0.25, 0.3) is 0 Å². The summed E-state index contributed by atoms with van der Waals surface area (Å²) in [6.45, 7) is 7.88. The maximum Gasteiger partial charge on any atom is 0.306 e. The molecule has 0 rings (SSSR count). The molecule has 0 N–H and O–H groups in total. The minimum absolute atomic E-state index is 0.0917. The Bertz CT molecular complexity index is 871. The molecule has 5 heteroatoms. The molecule has 0 spiro atoms. The minimum Gasteiger partial charge on any atom is -0.462 e. The first kappa shape index (κ1) is 58.6. The topological polar surface area (TPSA) is 61.8 Å². The molecule has 0 aliphatic rings. The molecule has 0 saturated carbocycles. The zero-order chi connectivity index (χ0) is 43.5. The third-order valence-electron chi connectivity index (χ3n) is 12.3. The summed E-state index contributed by atoms with van der Waals surface area (Å²) in [6, 6.07) is 0. The Labute approximate surface area is 375 Å². The highest BCUT2D eigenvalue weighted by atomic mass is 16.6. The van der Waals surface area contributed by atoms with Gasteiger partial charge in [0.05, 0.1) is 6.61 Å². The molecule has 1 unspecified atom stereocenters. The van der Waals surface area contributed by atoms with Crippen molar-refractivity contribution in [3.8, 4) is 0 Å². The summed E-state index contributed by atoms with van der Waals surface area (Å²) in [5, 5.41) is 0. The molecule has 0 aromatic rings. The van der Waals surface area contributed by atoms with Crippen LogP contribution in [0.15, 0.2) is 12.2 Å². The van der Waals surface area contributed by atoms with E-state index in [1.807, 2.05) is 0 Å². The van der Waals surface area contributed by atoms with E-state index >= 15 is 0 Å². The molecule has 0 bridgehead atoms. The van der Waals surface area contributed by atoms with Crippen LogP contribution in [0.1, 0.15) is 303 Å². The van der Waals surface area contributed by atoms with E-state index in [2.05, 4.69) is 32.9 Å². The first-order chi connectivity index (χ1) is 29.6. The van der Waals surface area contributed by atoms with Crippen molar-refractivity contribution in [2.75, 3.05) is 19.8 Å². The fourth-order valence-electron chi connectivity index (χ4n) is 8.21. The number of hydrogen-bond acceptors (Lipinski definition) is 5. The van der Waals surface area contributed by atoms with Gasteiger partial charge in [-0.1, -0.05) is 258 Å². The van der Waals surface area contributed by atoms with Crippen molar-refractivity contribution in [1.29, 1.82) is 0 Å². The Morgan fingerprint density at radius 2 is 0.650 bits per heavy atom. The standard InChI is InChI=1S/C55H106O5/c1-4-7-10-13-16-19-22-25-27-28-29-31-33-36-39-42-45-48-54(56)59-52-53(51-58-50-47-44-41-38-35-32-26-23-20-17-14-11-8-5-2)60-55(57)49-46-43-40-37-34-30-24-21-18-15-12-9-6-3/h21,24,53H,4-20,22-23,25-52H2,1-3H3/b24-21-. The average Bonchev–Trinajstić information content (AvgIpc) is 3.25. The van der Waals surface area contributed by atoms with E-state index < -0.39 is 6.10 Å². The second-order valence-electron chi connectivity index (χ2n) is 18.5. The summed E-state index contributed by atoms with van der Waals surface area (Å²) >= 11 is 0. The Hall–Kier alpha value is -1.36. The van der Waals surface area contributed by atoms with Gasteiger partial charge in [0.15, 0.2) is 6.10 Å². The van der Waals surface area contributed by atoms with Gasteiger partial charge in [-0.3, -0.25) is 9.59 Å². The van der Waals surface area contributed by atoms with E-state index in [0.717, 1.165) is 44.9 Å². The number of rotatable bonds is 51. The highest BCUT2D eigenvalue weighted by Gasteiger charge is 2.17. The van der Waals surface area contributed by atoms with Crippen LogP contribution in [0, 0.1) is 0 Å². The third kappa shape index (κ3) is 49.3. The van der Waals surface area contributed by atoms with E-state index in [4.69, 9.17) is 14.2 Å². The summed E-state index contributed by atoms with van der Waals surface area (Å²) in [7, 11) is 0. The molecule has 0 fully saturated rings. The fourth-order valence-corrected chi connectivity index (χ4v) is 8.21. The zero-order valence-corrected chi connectivity index (χ0v) is 41.0. The molecule has 0 aliphatic carbocycles. The third-order valence-corrected chi connectivity index (χ3v) is 12.3. The molecule has 60 heavy (non-hydrogen) atoms. The van der Waals surface area contributed by atoms with Gasteiger partial charge in [0.1, 0.15) is 6.61 Å². The molecule has 0 heterocycles. The monoisotopic (exact) mass is 847 g/mol. The van der Waals surface area contributed by atoms with Crippen LogP contribution in [-0.4, -0.2) is 37.9 Å². The SMILES string of the molecule is CCCCCC/C=C\CCCCCCCC(=O)OC(COCCCCCCCCCCCCCCCC)COC(=O)CCCCCCCCCCCCCCCCCCC. The molecule has 0 aliphatic heterocycles. The fraction of sp³-hybridized carbons (Fsp3) is 0.927. The van der Waals surface area contributed by atoms with E-state index in [-0.39, 0.29) is 18.5 Å². The van der Waals surface area contributed by atoms with Crippen molar-refractivity contribution in [3.05, 3.63) is 12.2 Å². The van der Waals surface area contributed by atoms with Crippen LogP contribution in [0.4, 0.5) is 0 Å². The lowest BCUT2D eigenvalue weighted by molar-refractivity contribution is -0.163. The summed E-state index contributed by atoms with van der Waals surface area (Å²) in [5.41, 5.74) is 0. The molecule has 0 aromatic heterocycles. The van der Waals surface area contributed by atoms with Crippen molar-refractivity contribution in [2.45, 2.75) is 309 Å². The lowest BCUT2D eigenvalue weighted by Gasteiger charge is -2.18. The van der Waals surface area contributed by atoms with E-state index in [1.165, 1.54) is 225 Å². The van der Waals surface area contributed by atoms with E-state index in [1.54, 1.807) is 0 Å². The van der Waals surface area contributed by atoms with Gasteiger partial charge in [-0.25, -0.2) is 0 Å². The highest BCUT2D eigenvalue weighted by molar-refractivity contribution is 5.70. The largest absolute Gasteiger partial charge is 0.462 e. The summed E-state index contributed by atoms with van der Waals surface area (Å²) in [6.07, 6.45) is 59.3. The second kappa shape index (κ2) is 52.0. The highest BCUT2D eigenvalue weighted by Crippen LogP contribution is 2.16. The molecule has 0 saturated heterocycles. The molecular formula is C55H106O5. The molecule has 0 aromatic carbocycles. The maximum atomic E-state index is 12.8. The smallest absolute Gasteiger partial charge is 0.306 e. The van der Waals surface area contributed by atoms with Gasteiger partial charge in [0, 0.05) is 19.4 Å². The zero-order valence-electron chi connectivity index (χ0n) is 41.0. The molecule has 1 atom stereocenters. The predicted molar refractivity (Wildman–Crippen MR) is 261 cm³/mol. The van der Waals surface area contributed by atoms with E-state index in [9.17, 15) is 9.59 Å². The molecule has 5 nitrogen and oxygen atoms in total. The van der Waals surface area contributed by atoms with Crippen molar-refractivity contribution in [1.82, 2.24) is 0 Å². The van der Waals surface area contributed by atoms with Gasteiger partial charge < -0.3 is 14.2 Å². The molecule has 0 radical (unpaired) electrons. The Kier molecular flexibility index (Phi) is 50.8. The first-order valence-corrected chi connectivity index (χ1v) is 27.2. The maximum absolute atomic E-state index is 12.8. The normalized spacial score (nSPS) is 12.1. The van der Waals surface area contributed by atoms with Crippen molar-refractivity contribution < 1.29 is 23.8 Å². The van der Waals surface area contributed by atoms with E-state index in [0.29, 0.717) is 26.1 Å². The van der Waals surface area contributed by atoms with Crippen molar-refractivity contribution in [3.63, 3.8) is 0 Å². The van der Waals surface area contributed by atoms with Crippen LogP contribution in [-0.2, 0) is 23.8 Å². The van der Waals surface area contributed by atoms with Crippen LogP contribution in [0.5, 0.6) is 0 Å². The summed E-state index contributed by atoms with van der Waals surface area (Å²) in [5.74, 6) is -0.384. The van der Waals surface area contributed by atoms with Gasteiger partial charge in [-0.2, -0.15) is 0 Å². The Morgan fingerprint density at radius 1 is 0.350 bits per heavy atom. The van der Waals surface area contributed by atoms with Crippen LogP contribution in [0.3, 0.4) is 0 Å². The number of allylic oxidation sites excluding steroid dienone is 2. The summed E-state index contributed by atoms with van der Waals surface area (Å²) in [4.78, 5) is 25.4. The number of ether oxygens (including phenoxy) is 3. The van der Waals surface area contributed by atoms with Gasteiger partial charge in [-0.05, 0) is 44.9 Å². The Morgan fingerprint density at radius 3 is 1.03 bits per heavy atom. The Balaban J connectivity index is 4.19. The van der Waals surface area contributed by atoms with Gasteiger partial charge in [-0.15, -0.1) is 0 Å². The first-order valence-electron chi connectivity index (χ1n) is 27.2.